The average Bonchev–Trinajstić information content (AvgIpc) is 2.82. The van der Waals surface area contributed by atoms with Crippen LogP contribution in [-0.2, 0) is 17.6 Å². The number of carbonyl (C=O) groups is 1. The summed E-state index contributed by atoms with van der Waals surface area (Å²) in [4.78, 5) is 14.7. The number of carboxylic acid groups (broad SMARTS) is 1. The van der Waals surface area contributed by atoms with E-state index in [1.54, 1.807) is 0 Å². The molecule has 2 rings (SSSR count). The fourth-order valence-corrected chi connectivity index (χ4v) is 2.29. The van der Waals surface area contributed by atoms with Gasteiger partial charge in [0.05, 0.1) is 0 Å². The highest BCUT2D eigenvalue weighted by Gasteiger charge is 2.07. The first-order chi connectivity index (χ1) is 9.63. The van der Waals surface area contributed by atoms with Gasteiger partial charge >= 0.3 is 5.97 Å². The predicted octanol–water partition coefficient (Wildman–Crippen LogP) is 3.22. The third-order valence-corrected chi connectivity index (χ3v) is 3.29. The van der Waals surface area contributed by atoms with Crippen LogP contribution in [0.4, 0.5) is 0 Å². The van der Waals surface area contributed by atoms with Gasteiger partial charge in [0.2, 0.25) is 5.89 Å². The number of aryl methyl sites for hydroxylation is 1. The molecule has 6 heteroatoms. The van der Waals surface area contributed by atoms with Gasteiger partial charge in [0, 0.05) is 23.7 Å². The number of carboxylic acids is 1. The molecule has 1 N–H and O–H groups in total. The van der Waals surface area contributed by atoms with Gasteiger partial charge in [-0.25, -0.2) is 0 Å². The molecule has 0 bridgehead atoms. The second kappa shape index (κ2) is 7.19. The molecule has 1 aromatic carbocycles. The van der Waals surface area contributed by atoms with E-state index in [0.717, 1.165) is 16.5 Å². The van der Waals surface area contributed by atoms with Crippen LogP contribution in [0.15, 0.2) is 33.3 Å². The summed E-state index contributed by atoms with van der Waals surface area (Å²) >= 11 is 3.42. The zero-order chi connectivity index (χ0) is 14.4. The normalized spacial score (nSPS) is 10.7. The van der Waals surface area contributed by atoms with Crippen molar-refractivity contribution in [1.29, 1.82) is 0 Å². The van der Waals surface area contributed by atoms with Gasteiger partial charge in [-0.3, -0.25) is 4.79 Å². The monoisotopic (exact) mass is 338 g/mol. The number of aromatic nitrogens is 2. The minimum Gasteiger partial charge on any atom is -0.481 e. The third-order valence-electron chi connectivity index (χ3n) is 2.79. The third kappa shape index (κ3) is 4.77. The van der Waals surface area contributed by atoms with Gasteiger partial charge < -0.3 is 9.63 Å². The van der Waals surface area contributed by atoms with Crippen LogP contribution in [0.1, 0.15) is 36.5 Å². The van der Waals surface area contributed by atoms with Crippen molar-refractivity contribution in [2.75, 3.05) is 0 Å². The highest BCUT2D eigenvalue weighted by molar-refractivity contribution is 9.10. The first kappa shape index (κ1) is 14.7. The minimum atomic E-state index is -0.772. The molecule has 0 aliphatic heterocycles. The van der Waals surface area contributed by atoms with E-state index in [2.05, 4.69) is 26.1 Å². The summed E-state index contributed by atoms with van der Waals surface area (Å²) in [6.07, 6.45) is 2.79. The number of rotatable bonds is 7. The summed E-state index contributed by atoms with van der Waals surface area (Å²) in [5, 5.41) is 12.5. The summed E-state index contributed by atoms with van der Waals surface area (Å²) in [5.41, 5.74) is 1.11. The number of nitrogens with zero attached hydrogens (tertiary/aromatic N) is 2. The smallest absolute Gasteiger partial charge is 0.303 e. The number of hydrogen-bond donors (Lipinski definition) is 1. The molecule has 106 valence electrons. The van der Waals surface area contributed by atoms with Gasteiger partial charge in [-0.15, -0.1) is 0 Å². The molecule has 0 saturated heterocycles. The van der Waals surface area contributed by atoms with Crippen LogP contribution >= 0.6 is 15.9 Å². The van der Waals surface area contributed by atoms with Gasteiger partial charge in [-0.2, -0.15) is 4.98 Å². The maximum Gasteiger partial charge on any atom is 0.303 e. The molecule has 20 heavy (non-hydrogen) atoms. The summed E-state index contributed by atoms with van der Waals surface area (Å²) in [6, 6.07) is 7.95. The molecule has 0 radical (unpaired) electrons. The molecule has 0 unspecified atom stereocenters. The molecule has 2 aromatic rings. The number of hydrogen-bond acceptors (Lipinski definition) is 4. The van der Waals surface area contributed by atoms with Crippen LogP contribution in [0.5, 0.6) is 0 Å². The van der Waals surface area contributed by atoms with E-state index in [9.17, 15) is 4.79 Å². The average molecular weight is 339 g/mol. The van der Waals surface area contributed by atoms with Gasteiger partial charge in [0.25, 0.3) is 0 Å². The first-order valence-corrected chi connectivity index (χ1v) is 7.20. The molecule has 0 atom stereocenters. The standard InChI is InChI=1S/C14H15BrN2O3/c15-11-5-3-4-10(8-11)9-12-16-13(20-17-12)6-1-2-7-14(18)19/h3-5,8H,1-2,6-7,9H2,(H,18,19). The Kier molecular flexibility index (Phi) is 5.29. The molecule has 1 heterocycles. The summed E-state index contributed by atoms with van der Waals surface area (Å²) in [7, 11) is 0. The van der Waals surface area contributed by atoms with E-state index in [1.807, 2.05) is 24.3 Å². The van der Waals surface area contributed by atoms with E-state index in [4.69, 9.17) is 9.63 Å². The molecular formula is C14H15BrN2O3. The largest absolute Gasteiger partial charge is 0.481 e. The number of halogens is 1. The number of unbranched alkanes of at least 4 members (excludes halogenated alkanes) is 1. The van der Waals surface area contributed by atoms with Crippen molar-refractivity contribution in [3.8, 4) is 0 Å². The zero-order valence-corrected chi connectivity index (χ0v) is 12.5. The Bertz CT molecular complexity index is 583. The maximum atomic E-state index is 10.4. The molecular weight excluding hydrogens is 324 g/mol. The Morgan fingerprint density at radius 2 is 2.20 bits per heavy atom. The van der Waals surface area contributed by atoms with Crippen LogP contribution in [0, 0.1) is 0 Å². The SMILES string of the molecule is O=C(O)CCCCc1nc(Cc2cccc(Br)c2)no1. The molecule has 0 spiro atoms. The Morgan fingerprint density at radius 1 is 1.35 bits per heavy atom. The number of benzene rings is 1. The first-order valence-electron chi connectivity index (χ1n) is 6.41. The van der Waals surface area contributed by atoms with Gasteiger partial charge in [0.1, 0.15) is 0 Å². The zero-order valence-electron chi connectivity index (χ0n) is 10.9. The summed E-state index contributed by atoms with van der Waals surface area (Å²) in [5.74, 6) is 0.447. The van der Waals surface area contributed by atoms with E-state index in [-0.39, 0.29) is 6.42 Å². The Morgan fingerprint density at radius 3 is 2.95 bits per heavy atom. The fraction of sp³-hybridized carbons (Fsp3) is 0.357. The topological polar surface area (TPSA) is 76.2 Å². The van der Waals surface area contributed by atoms with Crippen LogP contribution < -0.4 is 0 Å². The van der Waals surface area contributed by atoms with Gasteiger partial charge in [0.15, 0.2) is 5.82 Å². The van der Waals surface area contributed by atoms with Crippen molar-refractivity contribution in [3.63, 3.8) is 0 Å². The lowest BCUT2D eigenvalue weighted by Gasteiger charge is -1.97. The highest BCUT2D eigenvalue weighted by atomic mass is 79.9. The van der Waals surface area contributed by atoms with Crippen LogP contribution in [0.2, 0.25) is 0 Å². The lowest BCUT2D eigenvalue weighted by Crippen LogP contribution is -1.95. The van der Waals surface area contributed by atoms with Crippen LogP contribution in [0.3, 0.4) is 0 Å². The van der Waals surface area contributed by atoms with Crippen LogP contribution in [0.25, 0.3) is 0 Å². The Labute approximate surface area is 125 Å². The quantitative estimate of drug-likeness (QED) is 0.784. The van der Waals surface area contributed by atoms with E-state index < -0.39 is 5.97 Å². The summed E-state index contributed by atoms with van der Waals surface area (Å²) < 4.78 is 6.17. The van der Waals surface area contributed by atoms with E-state index in [1.165, 1.54) is 0 Å². The van der Waals surface area contributed by atoms with Crippen molar-refractivity contribution < 1.29 is 14.4 Å². The second-order valence-electron chi connectivity index (χ2n) is 4.51. The Balaban J connectivity index is 1.84. The number of aliphatic carboxylic acids is 1. The molecule has 0 amide bonds. The molecule has 5 nitrogen and oxygen atoms in total. The van der Waals surface area contributed by atoms with Crippen LogP contribution in [-0.4, -0.2) is 21.2 Å². The maximum absolute atomic E-state index is 10.4. The molecule has 0 aliphatic carbocycles. The minimum absolute atomic E-state index is 0.180. The van der Waals surface area contributed by atoms with Crippen molar-refractivity contribution in [1.82, 2.24) is 10.1 Å². The van der Waals surface area contributed by atoms with Crippen molar-refractivity contribution >= 4 is 21.9 Å². The molecule has 1 aromatic heterocycles. The van der Waals surface area contributed by atoms with E-state index in [0.29, 0.717) is 31.0 Å². The summed E-state index contributed by atoms with van der Waals surface area (Å²) in [6.45, 7) is 0. The lowest BCUT2D eigenvalue weighted by molar-refractivity contribution is -0.137. The van der Waals surface area contributed by atoms with Crippen molar-refractivity contribution in [3.05, 3.63) is 46.0 Å². The van der Waals surface area contributed by atoms with Gasteiger partial charge in [-0.1, -0.05) is 33.2 Å². The van der Waals surface area contributed by atoms with Crippen molar-refractivity contribution in [2.45, 2.75) is 32.1 Å². The van der Waals surface area contributed by atoms with E-state index >= 15 is 0 Å². The Hall–Kier alpha value is -1.69. The lowest BCUT2D eigenvalue weighted by atomic mass is 10.1. The van der Waals surface area contributed by atoms with Crippen molar-refractivity contribution in [2.24, 2.45) is 0 Å². The molecule has 0 aliphatic rings. The van der Waals surface area contributed by atoms with Gasteiger partial charge in [-0.05, 0) is 30.5 Å². The fourth-order valence-electron chi connectivity index (χ4n) is 1.85. The predicted molar refractivity (Wildman–Crippen MR) is 76.4 cm³/mol. The molecule has 0 saturated carbocycles. The molecule has 0 fully saturated rings. The second-order valence-corrected chi connectivity index (χ2v) is 5.43. The highest BCUT2D eigenvalue weighted by Crippen LogP contribution is 2.14.